The summed E-state index contributed by atoms with van der Waals surface area (Å²) in [4.78, 5) is 12.3. The van der Waals surface area contributed by atoms with Crippen LogP contribution in [0.2, 0.25) is 0 Å². The number of ether oxygens (including phenoxy) is 1. The molecule has 0 bridgehead atoms. The Kier molecular flexibility index (Phi) is 6.42. The topological polar surface area (TPSA) is 108 Å². The summed E-state index contributed by atoms with van der Waals surface area (Å²) in [6, 6.07) is 12.5. The number of anilines is 1. The van der Waals surface area contributed by atoms with E-state index in [9.17, 15) is 13.2 Å². The van der Waals surface area contributed by atoms with Gasteiger partial charge in [-0.25, -0.2) is 8.42 Å². The second-order valence-electron chi connectivity index (χ2n) is 6.13. The van der Waals surface area contributed by atoms with Crippen molar-refractivity contribution in [2.75, 3.05) is 11.8 Å². The largest absolute Gasteiger partial charge is 0.496 e. The van der Waals surface area contributed by atoms with Gasteiger partial charge < -0.3 is 10.1 Å². The highest BCUT2D eigenvalue weighted by Crippen LogP contribution is 2.24. The van der Waals surface area contributed by atoms with Crippen molar-refractivity contribution < 1.29 is 17.9 Å². The Hall–Kier alpha value is -3.05. The van der Waals surface area contributed by atoms with E-state index in [-0.39, 0.29) is 28.7 Å². The van der Waals surface area contributed by atoms with Crippen LogP contribution in [-0.2, 0) is 16.4 Å². The number of nitrogens with one attached hydrogen (secondary N) is 2. The van der Waals surface area contributed by atoms with Gasteiger partial charge in [0.05, 0.1) is 30.1 Å². The van der Waals surface area contributed by atoms with Gasteiger partial charge in [0, 0.05) is 11.7 Å². The van der Waals surface area contributed by atoms with Crippen LogP contribution < -0.4 is 14.8 Å². The number of rotatable bonds is 7. The zero-order chi connectivity index (χ0) is 20.0. The molecule has 2 N–H and O–H groups in total. The summed E-state index contributed by atoms with van der Waals surface area (Å²) < 4.78 is 33.0. The van der Waals surface area contributed by atoms with Gasteiger partial charge in [-0.1, -0.05) is 12.1 Å². The van der Waals surface area contributed by atoms with Crippen molar-refractivity contribution in [3.8, 4) is 11.8 Å². The number of nitriles is 1. The van der Waals surface area contributed by atoms with Crippen LogP contribution in [0, 0.1) is 11.3 Å². The molecular weight excluding hydrogens is 366 g/mol. The van der Waals surface area contributed by atoms with Gasteiger partial charge in [0.25, 0.3) is 15.9 Å². The van der Waals surface area contributed by atoms with Gasteiger partial charge in [-0.2, -0.15) is 5.26 Å². The van der Waals surface area contributed by atoms with Gasteiger partial charge >= 0.3 is 0 Å². The maximum Gasteiger partial charge on any atom is 0.261 e. The summed E-state index contributed by atoms with van der Waals surface area (Å²) in [5.74, 6) is -0.132. The van der Waals surface area contributed by atoms with E-state index in [1.807, 2.05) is 19.9 Å². The summed E-state index contributed by atoms with van der Waals surface area (Å²) in [6.45, 7) is 3.62. The highest BCUT2D eigenvalue weighted by atomic mass is 32.2. The van der Waals surface area contributed by atoms with E-state index >= 15 is 0 Å². The number of sulfonamides is 1. The lowest BCUT2D eigenvalue weighted by Crippen LogP contribution is -2.30. The SMILES string of the molecule is COc1ccc(S(=O)(=O)Nc2ccc(CC#N)cc2)cc1C(=O)NC(C)C. The maximum atomic E-state index is 12.7. The van der Waals surface area contributed by atoms with Crippen molar-refractivity contribution in [1.82, 2.24) is 5.32 Å². The number of benzene rings is 2. The third-order valence-electron chi connectivity index (χ3n) is 3.63. The first kappa shape index (κ1) is 20.3. The van der Waals surface area contributed by atoms with E-state index in [1.54, 1.807) is 24.3 Å². The molecule has 0 aliphatic carbocycles. The van der Waals surface area contributed by atoms with Crippen molar-refractivity contribution in [3.05, 3.63) is 53.6 Å². The van der Waals surface area contributed by atoms with Crippen LogP contribution in [0.1, 0.15) is 29.8 Å². The molecule has 0 aliphatic rings. The Morgan fingerprint density at radius 1 is 1.19 bits per heavy atom. The molecule has 0 atom stereocenters. The minimum atomic E-state index is -3.90. The van der Waals surface area contributed by atoms with Crippen molar-refractivity contribution >= 4 is 21.6 Å². The highest BCUT2D eigenvalue weighted by molar-refractivity contribution is 7.92. The molecule has 7 nitrogen and oxygen atoms in total. The zero-order valence-corrected chi connectivity index (χ0v) is 16.1. The van der Waals surface area contributed by atoms with Crippen LogP contribution in [-0.4, -0.2) is 27.5 Å². The van der Waals surface area contributed by atoms with Crippen molar-refractivity contribution in [1.29, 1.82) is 5.26 Å². The Labute approximate surface area is 159 Å². The van der Waals surface area contributed by atoms with Gasteiger partial charge in [0.15, 0.2) is 0 Å². The van der Waals surface area contributed by atoms with Gasteiger partial charge in [-0.3, -0.25) is 9.52 Å². The summed E-state index contributed by atoms with van der Waals surface area (Å²) in [5, 5.41) is 11.4. The molecule has 2 rings (SSSR count). The van der Waals surface area contributed by atoms with Gasteiger partial charge in [-0.05, 0) is 49.7 Å². The van der Waals surface area contributed by atoms with Crippen molar-refractivity contribution in [3.63, 3.8) is 0 Å². The molecule has 0 radical (unpaired) electrons. The number of amides is 1. The van der Waals surface area contributed by atoms with Crippen LogP contribution in [0.25, 0.3) is 0 Å². The minimum Gasteiger partial charge on any atom is -0.496 e. The van der Waals surface area contributed by atoms with Crippen molar-refractivity contribution in [2.45, 2.75) is 31.2 Å². The standard InChI is InChI=1S/C19H21N3O4S/c1-13(2)21-19(23)17-12-16(8-9-18(17)26-3)27(24,25)22-15-6-4-14(5-7-15)10-11-20/h4-9,12-13,22H,10H2,1-3H3,(H,21,23). The quantitative estimate of drug-likeness (QED) is 0.759. The Balaban J connectivity index is 2.32. The Morgan fingerprint density at radius 2 is 1.85 bits per heavy atom. The van der Waals surface area contributed by atoms with Gasteiger partial charge in [-0.15, -0.1) is 0 Å². The lowest BCUT2D eigenvalue weighted by atomic mass is 10.1. The molecule has 0 saturated heterocycles. The second-order valence-corrected chi connectivity index (χ2v) is 7.81. The van der Waals surface area contributed by atoms with E-state index in [0.717, 1.165) is 5.56 Å². The summed E-state index contributed by atoms with van der Waals surface area (Å²) >= 11 is 0. The molecule has 0 heterocycles. The van der Waals surface area contributed by atoms with Crippen LogP contribution in [0.4, 0.5) is 5.69 Å². The fourth-order valence-corrected chi connectivity index (χ4v) is 3.45. The zero-order valence-electron chi connectivity index (χ0n) is 15.3. The molecule has 8 heteroatoms. The normalized spacial score (nSPS) is 10.9. The average Bonchev–Trinajstić information content (AvgIpc) is 2.62. The fourth-order valence-electron chi connectivity index (χ4n) is 2.37. The summed E-state index contributed by atoms with van der Waals surface area (Å²) in [7, 11) is -2.49. The lowest BCUT2D eigenvalue weighted by molar-refractivity contribution is 0.0940. The van der Waals surface area contributed by atoms with Crippen LogP contribution in [0.3, 0.4) is 0 Å². The van der Waals surface area contributed by atoms with E-state index in [0.29, 0.717) is 5.69 Å². The monoisotopic (exact) mass is 387 g/mol. The first-order valence-electron chi connectivity index (χ1n) is 8.24. The van der Waals surface area contributed by atoms with E-state index in [1.165, 1.54) is 25.3 Å². The predicted molar refractivity (Wildman–Crippen MR) is 102 cm³/mol. The molecule has 0 saturated carbocycles. The number of nitrogens with zero attached hydrogens (tertiary/aromatic N) is 1. The first-order valence-corrected chi connectivity index (χ1v) is 9.72. The average molecular weight is 387 g/mol. The molecule has 27 heavy (non-hydrogen) atoms. The lowest BCUT2D eigenvalue weighted by Gasteiger charge is -2.14. The minimum absolute atomic E-state index is 0.0571. The molecule has 1 amide bonds. The van der Waals surface area contributed by atoms with E-state index < -0.39 is 15.9 Å². The molecular formula is C19H21N3O4S. The highest BCUT2D eigenvalue weighted by Gasteiger charge is 2.20. The molecule has 2 aromatic rings. The number of hydrogen-bond acceptors (Lipinski definition) is 5. The van der Waals surface area contributed by atoms with Crippen LogP contribution in [0.5, 0.6) is 5.75 Å². The van der Waals surface area contributed by atoms with Gasteiger partial charge in [0.1, 0.15) is 5.75 Å². The third kappa shape index (κ3) is 5.21. The predicted octanol–water partition coefficient (Wildman–Crippen LogP) is 2.70. The molecule has 0 unspecified atom stereocenters. The molecule has 142 valence electrons. The molecule has 2 aromatic carbocycles. The van der Waals surface area contributed by atoms with E-state index in [4.69, 9.17) is 10.00 Å². The van der Waals surface area contributed by atoms with Crippen LogP contribution in [0.15, 0.2) is 47.4 Å². The molecule has 0 aromatic heterocycles. The fraction of sp³-hybridized carbons (Fsp3) is 0.263. The van der Waals surface area contributed by atoms with Crippen molar-refractivity contribution in [2.24, 2.45) is 0 Å². The van der Waals surface area contributed by atoms with Gasteiger partial charge in [0.2, 0.25) is 0 Å². The number of methoxy groups -OCH3 is 1. The number of carbonyl (C=O) groups excluding carboxylic acids is 1. The number of carbonyl (C=O) groups is 1. The Bertz CT molecular complexity index is 961. The molecule has 0 spiro atoms. The summed E-state index contributed by atoms with van der Waals surface area (Å²) in [5.41, 5.74) is 1.29. The third-order valence-corrected chi connectivity index (χ3v) is 5.01. The smallest absolute Gasteiger partial charge is 0.261 e. The number of hydrogen-bond donors (Lipinski definition) is 2. The van der Waals surface area contributed by atoms with Crippen LogP contribution >= 0.6 is 0 Å². The second kappa shape index (κ2) is 8.56. The molecule has 0 aliphatic heterocycles. The maximum absolute atomic E-state index is 12.7. The Morgan fingerprint density at radius 3 is 2.41 bits per heavy atom. The first-order chi connectivity index (χ1) is 12.8. The summed E-state index contributed by atoms with van der Waals surface area (Å²) in [6.07, 6.45) is 0.250. The van der Waals surface area contributed by atoms with E-state index in [2.05, 4.69) is 10.0 Å². The molecule has 0 fully saturated rings.